The highest BCUT2D eigenvalue weighted by molar-refractivity contribution is 7.98. The van der Waals surface area contributed by atoms with Gasteiger partial charge in [-0.3, -0.25) is 9.97 Å². The van der Waals surface area contributed by atoms with Crippen LogP contribution in [0.1, 0.15) is 16.8 Å². The smallest absolute Gasteiger partial charge is 0.282 e. The van der Waals surface area contributed by atoms with E-state index in [4.69, 9.17) is 4.74 Å². The van der Waals surface area contributed by atoms with Gasteiger partial charge in [-0.15, -0.1) is 0 Å². The van der Waals surface area contributed by atoms with Crippen molar-refractivity contribution in [2.45, 2.75) is 23.1 Å². The first-order valence-corrected chi connectivity index (χ1v) is 11.2. The van der Waals surface area contributed by atoms with Crippen LogP contribution in [0, 0.1) is 22.7 Å². The summed E-state index contributed by atoms with van der Waals surface area (Å²) in [7, 11) is 0. The zero-order valence-corrected chi connectivity index (χ0v) is 18.8. The summed E-state index contributed by atoms with van der Waals surface area (Å²) in [6.45, 7) is -2.04. The number of aromatic nitrogens is 3. The molecule has 0 amide bonds. The van der Waals surface area contributed by atoms with Gasteiger partial charge in [-0.1, -0.05) is 17.8 Å². The molecule has 3 aromatic heterocycles. The number of nitrogens with zero attached hydrogens (tertiary/aromatic N) is 6. The maximum Gasteiger partial charge on any atom is 0.282 e. The second-order valence-corrected chi connectivity index (χ2v) is 8.46. The van der Waals surface area contributed by atoms with E-state index >= 15 is 0 Å². The molecule has 12 heteroatoms. The van der Waals surface area contributed by atoms with E-state index in [-0.39, 0.29) is 39.0 Å². The molecule has 0 spiro atoms. The third-order valence-electron chi connectivity index (χ3n) is 4.96. The number of hydrogen-bond acceptors (Lipinski definition) is 8. The summed E-state index contributed by atoms with van der Waals surface area (Å²) in [6, 6.07) is 12.2. The van der Waals surface area contributed by atoms with Crippen LogP contribution >= 0.6 is 11.8 Å². The predicted octanol–water partition coefficient (Wildman–Crippen LogP) is 4.67. The third-order valence-corrected chi connectivity index (χ3v) is 5.97. The van der Waals surface area contributed by atoms with Gasteiger partial charge >= 0.3 is 0 Å². The number of hydrogen-bond donors (Lipinski definition) is 0. The average Bonchev–Trinajstić information content (AvgIpc) is 2.84. The molecule has 35 heavy (non-hydrogen) atoms. The van der Waals surface area contributed by atoms with Crippen LogP contribution in [0.5, 0.6) is 5.75 Å². The molecule has 3 aromatic rings. The van der Waals surface area contributed by atoms with Crippen LogP contribution < -0.4 is 9.64 Å². The second kappa shape index (κ2) is 10.2. The Morgan fingerprint density at radius 3 is 2.43 bits per heavy atom. The number of pyridine rings is 3. The number of alkyl halides is 4. The number of anilines is 1. The van der Waals surface area contributed by atoms with Crippen LogP contribution in [0.25, 0.3) is 11.3 Å². The van der Waals surface area contributed by atoms with E-state index in [2.05, 4.69) is 21.0 Å². The lowest BCUT2D eigenvalue weighted by Crippen LogP contribution is -2.57. The Morgan fingerprint density at radius 2 is 1.86 bits per heavy atom. The third kappa shape index (κ3) is 5.44. The molecule has 0 bridgehead atoms. The van der Waals surface area contributed by atoms with Gasteiger partial charge in [0.1, 0.15) is 40.9 Å². The minimum Gasteiger partial charge on any atom is -0.486 e. The molecular formula is C23H16F4N6OS. The molecule has 178 valence electrons. The molecule has 0 aromatic carbocycles. The van der Waals surface area contributed by atoms with Gasteiger partial charge in [-0.05, 0) is 24.3 Å². The lowest BCUT2D eigenvalue weighted by atomic mass is 9.99. The van der Waals surface area contributed by atoms with Gasteiger partial charge in [0.05, 0.1) is 36.2 Å². The van der Waals surface area contributed by atoms with Gasteiger partial charge < -0.3 is 9.64 Å². The summed E-state index contributed by atoms with van der Waals surface area (Å²) in [5.74, 6) is -2.47. The van der Waals surface area contributed by atoms with Crippen molar-refractivity contribution >= 4 is 17.6 Å². The van der Waals surface area contributed by atoms with Crippen LogP contribution in [0.15, 0.2) is 47.8 Å². The van der Waals surface area contributed by atoms with Crippen molar-refractivity contribution in [2.75, 3.05) is 24.6 Å². The number of ether oxygens (including phenoxy) is 1. The van der Waals surface area contributed by atoms with Crippen molar-refractivity contribution in [2.24, 2.45) is 0 Å². The normalized spacial score (nSPS) is 14.2. The number of thioether (sulfide) groups is 1. The quantitative estimate of drug-likeness (QED) is 0.325. The number of halogens is 4. The van der Waals surface area contributed by atoms with Gasteiger partial charge in [-0.25, -0.2) is 22.5 Å². The highest BCUT2D eigenvalue weighted by Gasteiger charge is 2.46. The van der Waals surface area contributed by atoms with Crippen LogP contribution in [0.4, 0.5) is 23.4 Å². The van der Waals surface area contributed by atoms with Gasteiger partial charge in [0, 0.05) is 17.5 Å². The first-order chi connectivity index (χ1) is 16.8. The molecule has 1 aliphatic heterocycles. The maximum atomic E-state index is 13.6. The second-order valence-electron chi connectivity index (χ2n) is 7.49. The van der Waals surface area contributed by atoms with E-state index < -0.39 is 32.0 Å². The molecule has 0 unspecified atom stereocenters. The van der Waals surface area contributed by atoms with E-state index in [1.165, 1.54) is 35.0 Å². The molecule has 1 aliphatic rings. The van der Waals surface area contributed by atoms with E-state index in [9.17, 15) is 28.1 Å². The van der Waals surface area contributed by atoms with Crippen molar-refractivity contribution in [1.29, 1.82) is 10.5 Å². The fraction of sp³-hybridized carbons (Fsp3) is 0.261. The summed E-state index contributed by atoms with van der Waals surface area (Å²) in [4.78, 5) is 14.1. The standard InChI is InChI=1S/C23H16F4N6OS/c24-19(25)10-34-15-4-5-18(31-9-15)20-16(7-28)21(33-12-23(26,27)13-33)32-22(17(20)8-29)35-11-14-3-1-2-6-30-14/h1-6,9,19H,10-13H2. The Labute approximate surface area is 202 Å². The summed E-state index contributed by atoms with van der Waals surface area (Å²) < 4.78 is 57.0. The maximum absolute atomic E-state index is 13.6. The fourth-order valence-corrected chi connectivity index (χ4v) is 4.31. The summed E-state index contributed by atoms with van der Waals surface area (Å²) >= 11 is 1.18. The highest BCUT2D eigenvalue weighted by atomic mass is 32.2. The van der Waals surface area contributed by atoms with Crippen molar-refractivity contribution in [1.82, 2.24) is 15.0 Å². The molecule has 0 saturated carbocycles. The molecule has 0 aliphatic carbocycles. The van der Waals surface area contributed by atoms with E-state index in [1.807, 2.05) is 6.07 Å². The fourth-order valence-electron chi connectivity index (χ4n) is 3.41. The average molecular weight is 500 g/mol. The summed E-state index contributed by atoms with van der Waals surface area (Å²) in [5, 5.41) is 20.1. The van der Waals surface area contributed by atoms with Crippen molar-refractivity contribution in [3.8, 4) is 29.1 Å². The molecule has 0 radical (unpaired) electrons. The summed E-state index contributed by atoms with van der Waals surface area (Å²) in [6.07, 6.45) is 0.146. The minimum atomic E-state index is -2.91. The Hall–Kier alpha value is -3.90. The van der Waals surface area contributed by atoms with E-state index in [0.29, 0.717) is 11.4 Å². The van der Waals surface area contributed by atoms with Crippen molar-refractivity contribution in [3.63, 3.8) is 0 Å². The molecule has 7 nitrogen and oxygen atoms in total. The van der Waals surface area contributed by atoms with Gasteiger partial charge in [0.25, 0.3) is 12.3 Å². The zero-order valence-electron chi connectivity index (χ0n) is 18.0. The number of rotatable bonds is 8. The van der Waals surface area contributed by atoms with Gasteiger partial charge in [0.15, 0.2) is 0 Å². The number of nitriles is 2. The van der Waals surface area contributed by atoms with Crippen LogP contribution in [0.3, 0.4) is 0 Å². The first-order valence-electron chi connectivity index (χ1n) is 10.2. The SMILES string of the molecule is N#Cc1c(SCc2ccccn2)nc(N2CC(F)(F)C2)c(C#N)c1-c1ccc(OCC(F)F)cn1. The molecule has 0 atom stereocenters. The Morgan fingerprint density at radius 1 is 1.09 bits per heavy atom. The van der Waals surface area contributed by atoms with E-state index in [0.717, 1.165) is 0 Å². The Balaban J connectivity index is 1.78. The van der Waals surface area contributed by atoms with Crippen LogP contribution in [-0.2, 0) is 5.75 Å². The van der Waals surface area contributed by atoms with Crippen LogP contribution in [0.2, 0.25) is 0 Å². The van der Waals surface area contributed by atoms with Crippen molar-refractivity contribution < 1.29 is 22.3 Å². The molecule has 4 heterocycles. The minimum absolute atomic E-state index is 0.0239. The lowest BCUT2D eigenvalue weighted by Gasteiger charge is -2.40. The van der Waals surface area contributed by atoms with Gasteiger partial charge in [-0.2, -0.15) is 10.5 Å². The molecule has 1 fully saturated rings. The summed E-state index contributed by atoms with van der Waals surface area (Å²) in [5.41, 5.74) is 0.988. The topological polar surface area (TPSA) is 98.7 Å². The lowest BCUT2D eigenvalue weighted by molar-refractivity contribution is -0.0267. The van der Waals surface area contributed by atoms with Gasteiger partial charge in [0.2, 0.25) is 0 Å². The first kappa shape index (κ1) is 24.2. The van der Waals surface area contributed by atoms with E-state index in [1.54, 1.807) is 24.4 Å². The molecule has 4 rings (SSSR count). The van der Waals surface area contributed by atoms with Crippen molar-refractivity contribution in [3.05, 3.63) is 59.5 Å². The molecule has 0 N–H and O–H groups in total. The molecule has 1 saturated heterocycles. The Kier molecular flexibility index (Phi) is 7.03. The Bertz CT molecular complexity index is 1280. The molecular weight excluding hydrogens is 484 g/mol. The zero-order chi connectivity index (χ0) is 25.0. The van der Waals surface area contributed by atoms with Crippen LogP contribution in [-0.4, -0.2) is 47.0 Å². The predicted molar refractivity (Wildman–Crippen MR) is 119 cm³/mol. The largest absolute Gasteiger partial charge is 0.486 e. The monoisotopic (exact) mass is 500 g/mol. The highest BCUT2D eigenvalue weighted by Crippen LogP contribution is 2.41.